The fourth-order valence-electron chi connectivity index (χ4n) is 2.70. The fraction of sp³-hybridized carbons (Fsp3) is 0.625. The third-order valence-corrected chi connectivity index (χ3v) is 3.94. The molecule has 7 heteroatoms. The highest BCUT2D eigenvalue weighted by atomic mass is 19.4. The zero-order chi connectivity index (χ0) is 16.9. The highest BCUT2D eigenvalue weighted by Gasteiger charge is 2.41. The minimum absolute atomic E-state index is 0.0412. The van der Waals surface area contributed by atoms with Gasteiger partial charge in [-0.2, -0.15) is 13.2 Å². The number of rotatable bonds is 6. The van der Waals surface area contributed by atoms with Crippen molar-refractivity contribution in [2.75, 3.05) is 33.4 Å². The quantitative estimate of drug-likeness (QED) is 0.869. The highest BCUT2D eigenvalue weighted by molar-refractivity contribution is 5.31. The fourth-order valence-corrected chi connectivity index (χ4v) is 2.70. The predicted octanol–water partition coefficient (Wildman–Crippen LogP) is 2.71. The molecule has 23 heavy (non-hydrogen) atoms. The van der Waals surface area contributed by atoms with Crippen LogP contribution in [0, 0.1) is 5.92 Å². The van der Waals surface area contributed by atoms with E-state index in [9.17, 15) is 18.3 Å². The number of likely N-dealkylation sites (tertiary alicyclic amines) is 1. The summed E-state index contributed by atoms with van der Waals surface area (Å²) in [6.07, 6.45) is -4.33. The van der Waals surface area contributed by atoms with Crippen molar-refractivity contribution in [2.24, 2.45) is 5.92 Å². The van der Waals surface area contributed by atoms with Gasteiger partial charge in [-0.1, -0.05) is 0 Å². The summed E-state index contributed by atoms with van der Waals surface area (Å²) in [7, 11) is 1.56. The summed E-state index contributed by atoms with van der Waals surface area (Å²) in [6, 6.07) is 6.90. The van der Waals surface area contributed by atoms with Crippen molar-refractivity contribution in [1.29, 1.82) is 0 Å². The van der Waals surface area contributed by atoms with Crippen molar-refractivity contribution in [3.8, 4) is 11.5 Å². The van der Waals surface area contributed by atoms with Gasteiger partial charge in [-0.05, 0) is 43.7 Å². The van der Waals surface area contributed by atoms with Gasteiger partial charge in [0.1, 0.15) is 24.2 Å². The van der Waals surface area contributed by atoms with Gasteiger partial charge < -0.3 is 19.5 Å². The molecule has 0 aromatic heterocycles. The molecular formula is C16H22F3NO3. The van der Waals surface area contributed by atoms with E-state index < -0.39 is 18.2 Å². The molecule has 0 radical (unpaired) electrons. The van der Waals surface area contributed by atoms with Gasteiger partial charge in [0, 0.05) is 13.1 Å². The van der Waals surface area contributed by atoms with Crippen LogP contribution in [-0.2, 0) is 0 Å². The lowest BCUT2D eigenvalue weighted by molar-refractivity contribution is -0.187. The molecule has 4 nitrogen and oxygen atoms in total. The predicted molar refractivity (Wildman–Crippen MR) is 79.7 cm³/mol. The van der Waals surface area contributed by atoms with E-state index in [0.29, 0.717) is 24.5 Å². The number of methoxy groups -OCH3 is 1. The van der Waals surface area contributed by atoms with Crippen LogP contribution in [-0.4, -0.2) is 55.6 Å². The van der Waals surface area contributed by atoms with Gasteiger partial charge in [-0.3, -0.25) is 0 Å². The standard InChI is InChI=1S/C16H22F3NO3/c1-22-14-4-6-15(7-5-14)23-11-13(21)10-20-8-2-3-12(9-20)16(17,18)19/h4-7,12-13,21H,2-3,8-11H2,1H3/t12-,13+/m1/s1. The summed E-state index contributed by atoms with van der Waals surface area (Å²) in [4.78, 5) is 1.66. The Bertz CT molecular complexity index is 478. The SMILES string of the molecule is COc1ccc(OC[C@@H](O)CN2CCC[C@@H](C(F)(F)F)C2)cc1. The maximum Gasteiger partial charge on any atom is 0.393 e. The minimum Gasteiger partial charge on any atom is -0.497 e. The summed E-state index contributed by atoms with van der Waals surface area (Å²) in [6.45, 7) is 0.748. The number of hydrogen-bond acceptors (Lipinski definition) is 4. The van der Waals surface area contributed by atoms with E-state index in [2.05, 4.69) is 0 Å². The molecule has 2 atom stereocenters. The largest absolute Gasteiger partial charge is 0.497 e. The number of piperidine rings is 1. The minimum atomic E-state index is -4.16. The second-order valence-corrected chi connectivity index (χ2v) is 5.78. The highest BCUT2D eigenvalue weighted by Crippen LogP contribution is 2.33. The van der Waals surface area contributed by atoms with Crippen LogP contribution in [0.4, 0.5) is 13.2 Å². The van der Waals surface area contributed by atoms with E-state index in [1.807, 2.05) is 0 Å². The normalized spacial score (nSPS) is 21.0. The van der Waals surface area contributed by atoms with Gasteiger partial charge in [0.05, 0.1) is 13.0 Å². The first-order valence-electron chi connectivity index (χ1n) is 7.62. The number of alkyl halides is 3. The Hall–Kier alpha value is -1.47. The van der Waals surface area contributed by atoms with Gasteiger partial charge in [-0.15, -0.1) is 0 Å². The maximum absolute atomic E-state index is 12.8. The molecular weight excluding hydrogens is 311 g/mol. The number of aliphatic hydroxyl groups excluding tert-OH is 1. The second-order valence-electron chi connectivity index (χ2n) is 5.78. The van der Waals surface area contributed by atoms with E-state index in [1.165, 1.54) is 0 Å². The molecule has 0 unspecified atom stereocenters. The first-order valence-corrected chi connectivity index (χ1v) is 7.62. The average Bonchev–Trinajstić information content (AvgIpc) is 2.53. The van der Waals surface area contributed by atoms with Crippen LogP contribution < -0.4 is 9.47 Å². The van der Waals surface area contributed by atoms with Gasteiger partial charge in [0.25, 0.3) is 0 Å². The smallest absolute Gasteiger partial charge is 0.393 e. The molecule has 0 amide bonds. The first-order chi connectivity index (χ1) is 10.9. The van der Waals surface area contributed by atoms with Crippen LogP contribution in [0.25, 0.3) is 0 Å². The number of hydrogen-bond donors (Lipinski definition) is 1. The lowest BCUT2D eigenvalue weighted by atomic mass is 9.97. The van der Waals surface area contributed by atoms with E-state index in [0.717, 1.165) is 0 Å². The summed E-state index contributed by atoms with van der Waals surface area (Å²) < 4.78 is 48.8. The summed E-state index contributed by atoms with van der Waals surface area (Å²) >= 11 is 0. The molecule has 2 rings (SSSR count). The van der Waals surface area contributed by atoms with E-state index >= 15 is 0 Å². The van der Waals surface area contributed by atoms with Gasteiger partial charge in [0.2, 0.25) is 0 Å². The summed E-state index contributed by atoms with van der Waals surface area (Å²) in [5.41, 5.74) is 0. The summed E-state index contributed by atoms with van der Waals surface area (Å²) in [5.74, 6) is -0.0213. The van der Waals surface area contributed by atoms with Crippen molar-refractivity contribution < 1.29 is 27.8 Å². The van der Waals surface area contributed by atoms with Crippen LogP contribution in [0.3, 0.4) is 0 Å². The monoisotopic (exact) mass is 333 g/mol. The number of aliphatic hydroxyl groups is 1. The van der Waals surface area contributed by atoms with Crippen molar-refractivity contribution >= 4 is 0 Å². The molecule has 1 aromatic rings. The van der Waals surface area contributed by atoms with Crippen molar-refractivity contribution in [1.82, 2.24) is 4.90 Å². The molecule has 1 aromatic carbocycles. The van der Waals surface area contributed by atoms with Crippen LogP contribution >= 0.6 is 0 Å². The zero-order valence-corrected chi connectivity index (χ0v) is 13.1. The number of β-amino-alcohol motifs (C(OH)–C–C–N with tert-alkyl or cyclic N) is 1. The second kappa shape index (κ2) is 7.88. The molecule has 1 aliphatic heterocycles. The Morgan fingerprint density at radius 1 is 1.26 bits per heavy atom. The number of halogens is 3. The third kappa shape index (κ3) is 5.58. The molecule has 0 spiro atoms. The van der Waals surface area contributed by atoms with E-state index in [1.54, 1.807) is 36.3 Å². The van der Waals surface area contributed by atoms with Crippen LogP contribution in [0.2, 0.25) is 0 Å². The zero-order valence-electron chi connectivity index (χ0n) is 13.1. The van der Waals surface area contributed by atoms with E-state index in [-0.39, 0.29) is 26.1 Å². The van der Waals surface area contributed by atoms with Crippen molar-refractivity contribution in [3.05, 3.63) is 24.3 Å². The number of nitrogens with zero attached hydrogens (tertiary/aromatic N) is 1. The van der Waals surface area contributed by atoms with Crippen LogP contribution in [0.15, 0.2) is 24.3 Å². The van der Waals surface area contributed by atoms with Crippen molar-refractivity contribution in [3.63, 3.8) is 0 Å². The van der Waals surface area contributed by atoms with E-state index in [4.69, 9.17) is 9.47 Å². The Kier molecular flexibility index (Phi) is 6.12. The molecule has 1 aliphatic rings. The third-order valence-electron chi connectivity index (χ3n) is 3.94. The Morgan fingerprint density at radius 2 is 1.91 bits per heavy atom. The Balaban J connectivity index is 1.76. The molecule has 130 valence electrons. The molecule has 0 bridgehead atoms. The topological polar surface area (TPSA) is 41.9 Å². The molecule has 1 heterocycles. The molecule has 0 aliphatic carbocycles. The van der Waals surface area contributed by atoms with Gasteiger partial charge in [0.15, 0.2) is 0 Å². The van der Waals surface area contributed by atoms with Gasteiger partial charge >= 0.3 is 6.18 Å². The molecule has 1 fully saturated rings. The number of benzene rings is 1. The van der Waals surface area contributed by atoms with Gasteiger partial charge in [-0.25, -0.2) is 0 Å². The first kappa shape index (κ1) is 17.9. The maximum atomic E-state index is 12.8. The lowest BCUT2D eigenvalue weighted by Crippen LogP contribution is -2.45. The van der Waals surface area contributed by atoms with Crippen molar-refractivity contribution in [2.45, 2.75) is 25.1 Å². The average molecular weight is 333 g/mol. The molecule has 0 saturated carbocycles. The Labute approximate surface area is 133 Å². The van der Waals surface area contributed by atoms with Crippen LogP contribution in [0.5, 0.6) is 11.5 Å². The molecule has 1 saturated heterocycles. The number of ether oxygens (including phenoxy) is 2. The van der Waals surface area contributed by atoms with Crippen LogP contribution in [0.1, 0.15) is 12.8 Å². The summed E-state index contributed by atoms with van der Waals surface area (Å²) in [5, 5.41) is 9.98. The lowest BCUT2D eigenvalue weighted by Gasteiger charge is -2.34. The molecule has 1 N–H and O–H groups in total. The Morgan fingerprint density at radius 3 is 2.52 bits per heavy atom.